The molecule has 1 heterocycles. The van der Waals surface area contributed by atoms with Crippen LogP contribution in [0.1, 0.15) is 16.1 Å². The van der Waals surface area contributed by atoms with Crippen LogP contribution in [0.4, 0.5) is 0 Å². The lowest BCUT2D eigenvalue weighted by Gasteiger charge is -2.24. The van der Waals surface area contributed by atoms with Gasteiger partial charge in [0.15, 0.2) is 0 Å². The van der Waals surface area contributed by atoms with Gasteiger partial charge in [0.1, 0.15) is 6.54 Å². The van der Waals surface area contributed by atoms with E-state index in [0.29, 0.717) is 18.2 Å². The van der Waals surface area contributed by atoms with Crippen LogP contribution in [0.3, 0.4) is 0 Å². The molecule has 0 aliphatic heterocycles. The highest BCUT2D eigenvalue weighted by atomic mass is 35.5. The van der Waals surface area contributed by atoms with Gasteiger partial charge in [-0.2, -0.15) is 0 Å². The minimum atomic E-state index is -0.334. The van der Waals surface area contributed by atoms with E-state index in [4.69, 9.17) is 16.3 Å². The fourth-order valence-corrected chi connectivity index (χ4v) is 1.90. The zero-order valence-electron chi connectivity index (χ0n) is 12.7. The quantitative estimate of drug-likeness (QED) is 0.792. The topological polar surface area (TPSA) is 62.7 Å². The smallest absolute Gasteiger partial charge is 0.257 e. The minimum Gasteiger partial charge on any atom is -0.383 e. The van der Waals surface area contributed by atoms with Gasteiger partial charge in [0.2, 0.25) is 5.91 Å². The number of rotatable bonds is 6. The van der Waals surface area contributed by atoms with Gasteiger partial charge in [0.25, 0.3) is 5.91 Å². The molecule has 0 aliphatic carbocycles. The molecule has 1 aromatic heterocycles. The number of carbonyl (C=O) groups excluding carboxylic acids is 2. The number of methoxy groups -OCH3 is 1. The maximum absolute atomic E-state index is 12.5. The van der Waals surface area contributed by atoms with Crippen molar-refractivity contribution < 1.29 is 14.3 Å². The number of halogens is 1. The minimum absolute atomic E-state index is 0.0284. The highest BCUT2D eigenvalue weighted by Gasteiger charge is 2.22. The molecule has 116 valence electrons. The third-order valence-electron chi connectivity index (χ3n) is 2.90. The van der Waals surface area contributed by atoms with Crippen LogP contribution in [0.2, 0.25) is 5.02 Å². The van der Waals surface area contributed by atoms with Gasteiger partial charge < -0.3 is 14.5 Å². The van der Waals surface area contributed by atoms with E-state index >= 15 is 0 Å². The molecule has 0 N–H and O–H groups in total. The summed E-state index contributed by atoms with van der Waals surface area (Å²) in [7, 11) is 4.82. The van der Waals surface area contributed by atoms with Crippen molar-refractivity contribution in [2.24, 2.45) is 0 Å². The molecule has 0 spiro atoms. The Bertz CT molecular complexity index is 520. The van der Waals surface area contributed by atoms with Crippen molar-refractivity contribution in [2.45, 2.75) is 6.92 Å². The van der Waals surface area contributed by atoms with Gasteiger partial charge in [-0.3, -0.25) is 14.6 Å². The van der Waals surface area contributed by atoms with Gasteiger partial charge in [0, 0.05) is 39.6 Å². The number of likely N-dealkylation sites (N-methyl/N-ethyl adjacent to an activating group) is 1. The molecule has 0 unspecified atom stereocenters. The first-order valence-corrected chi connectivity index (χ1v) is 6.85. The average molecular weight is 314 g/mol. The van der Waals surface area contributed by atoms with Crippen molar-refractivity contribution in [2.75, 3.05) is 40.9 Å². The lowest BCUT2D eigenvalue weighted by Crippen LogP contribution is -2.42. The number of hydrogen-bond donors (Lipinski definition) is 0. The number of amides is 2. The maximum Gasteiger partial charge on any atom is 0.257 e. The molecule has 0 bridgehead atoms. The molecule has 0 fully saturated rings. The summed E-state index contributed by atoms with van der Waals surface area (Å²) in [4.78, 5) is 31.3. The van der Waals surface area contributed by atoms with Crippen molar-refractivity contribution in [1.82, 2.24) is 14.8 Å². The zero-order chi connectivity index (χ0) is 16.0. The summed E-state index contributed by atoms with van der Waals surface area (Å²) in [6.07, 6.45) is 1.43. The van der Waals surface area contributed by atoms with Crippen LogP contribution >= 0.6 is 11.6 Å². The molecular weight excluding hydrogens is 294 g/mol. The Morgan fingerprint density at radius 2 is 2.05 bits per heavy atom. The molecule has 21 heavy (non-hydrogen) atoms. The Morgan fingerprint density at radius 1 is 1.38 bits per heavy atom. The van der Waals surface area contributed by atoms with E-state index in [1.54, 1.807) is 27.1 Å². The van der Waals surface area contributed by atoms with Gasteiger partial charge in [0.05, 0.1) is 17.2 Å². The Hall–Kier alpha value is -1.66. The van der Waals surface area contributed by atoms with E-state index in [1.165, 1.54) is 23.1 Å². The van der Waals surface area contributed by atoms with Crippen LogP contribution in [0.15, 0.2) is 12.3 Å². The van der Waals surface area contributed by atoms with E-state index in [1.807, 2.05) is 0 Å². The van der Waals surface area contributed by atoms with Gasteiger partial charge in [-0.15, -0.1) is 0 Å². The average Bonchev–Trinajstić information content (AvgIpc) is 2.42. The Kier molecular flexibility index (Phi) is 6.58. The Morgan fingerprint density at radius 3 is 2.57 bits per heavy atom. The standard InChI is InChI=1S/C14H20ClN3O3/c1-10-7-12(15)11(8-16-10)14(20)18(5-6-21-4)9-13(19)17(2)3/h7-8H,5-6,9H2,1-4H3. The first kappa shape index (κ1) is 17.4. The van der Waals surface area contributed by atoms with Gasteiger partial charge >= 0.3 is 0 Å². The number of aromatic nitrogens is 1. The Balaban J connectivity index is 2.95. The van der Waals surface area contributed by atoms with Gasteiger partial charge in [-0.1, -0.05) is 11.6 Å². The molecule has 6 nitrogen and oxygen atoms in total. The second kappa shape index (κ2) is 7.95. The first-order valence-electron chi connectivity index (χ1n) is 6.47. The van der Waals surface area contributed by atoms with Crippen LogP contribution in [-0.4, -0.2) is 67.5 Å². The summed E-state index contributed by atoms with van der Waals surface area (Å²) in [5, 5.41) is 0.326. The lowest BCUT2D eigenvalue weighted by molar-refractivity contribution is -0.129. The zero-order valence-corrected chi connectivity index (χ0v) is 13.5. The number of carbonyl (C=O) groups is 2. The molecule has 0 atom stereocenters. The normalized spacial score (nSPS) is 10.3. The van der Waals surface area contributed by atoms with Gasteiger partial charge in [-0.05, 0) is 13.0 Å². The van der Waals surface area contributed by atoms with Crippen molar-refractivity contribution in [3.05, 3.63) is 28.5 Å². The largest absolute Gasteiger partial charge is 0.383 e. The third-order valence-corrected chi connectivity index (χ3v) is 3.21. The molecule has 1 aromatic rings. The van der Waals surface area contributed by atoms with E-state index in [-0.39, 0.29) is 23.9 Å². The fourth-order valence-electron chi connectivity index (χ4n) is 1.61. The summed E-state index contributed by atoms with van der Waals surface area (Å²) in [6.45, 7) is 2.40. The molecule has 0 aromatic carbocycles. The monoisotopic (exact) mass is 313 g/mol. The summed E-state index contributed by atoms with van der Waals surface area (Å²) in [5.74, 6) is -0.504. The van der Waals surface area contributed by atoms with Crippen molar-refractivity contribution in [1.29, 1.82) is 0 Å². The van der Waals surface area contributed by atoms with Crippen molar-refractivity contribution in [3.63, 3.8) is 0 Å². The summed E-state index contributed by atoms with van der Waals surface area (Å²) < 4.78 is 4.98. The van der Waals surface area contributed by atoms with Crippen molar-refractivity contribution >= 4 is 23.4 Å². The van der Waals surface area contributed by atoms with E-state index in [9.17, 15) is 9.59 Å². The number of aryl methyl sites for hydroxylation is 1. The lowest BCUT2D eigenvalue weighted by atomic mass is 10.2. The number of ether oxygens (including phenoxy) is 1. The molecular formula is C14H20ClN3O3. The van der Waals surface area contributed by atoms with Crippen LogP contribution < -0.4 is 0 Å². The molecule has 0 saturated heterocycles. The van der Waals surface area contributed by atoms with Crippen LogP contribution in [0, 0.1) is 6.92 Å². The SMILES string of the molecule is COCCN(CC(=O)N(C)C)C(=O)c1cnc(C)cc1Cl. The number of hydrogen-bond acceptors (Lipinski definition) is 4. The van der Waals surface area contributed by atoms with Crippen LogP contribution in [0.25, 0.3) is 0 Å². The molecule has 7 heteroatoms. The highest BCUT2D eigenvalue weighted by Crippen LogP contribution is 2.17. The highest BCUT2D eigenvalue weighted by molar-refractivity contribution is 6.33. The third kappa shape index (κ3) is 4.99. The second-order valence-electron chi connectivity index (χ2n) is 4.81. The Labute approximate surface area is 129 Å². The van der Waals surface area contributed by atoms with Crippen LogP contribution in [-0.2, 0) is 9.53 Å². The summed E-state index contributed by atoms with van der Waals surface area (Å²) in [6, 6.07) is 1.62. The maximum atomic E-state index is 12.5. The number of nitrogens with zero attached hydrogens (tertiary/aromatic N) is 3. The molecule has 1 rings (SSSR count). The molecule has 0 saturated carbocycles. The van der Waals surface area contributed by atoms with E-state index in [2.05, 4.69) is 4.98 Å². The summed E-state index contributed by atoms with van der Waals surface area (Å²) >= 11 is 6.09. The van der Waals surface area contributed by atoms with Crippen molar-refractivity contribution in [3.8, 4) is 0 Å². The first-order chi connectivity index (χ1) is 9.86. The second-order valence-corrected chi connectivity index (χ2v) is 5.22. The van der Waals surface area contributed by atoms with E-state index < -0.39 is 0 Å². The van der Waals surface area contributed by atoms with Gasteiger partial charge in [-0.25, -0.2) is 0 Å². The number of pyridine rings is 1. The molecule has 2 amide bonds. The van der Waals surface area contributed by atoms with Crippen LogP contribution in [0.5, 0.6) is 0 Å². The summed E-state index contributed by atoms with van der Waals surface area (Å²) in [5.41, 5.74) is 1.01. The molecule has 0 radical (unpaired) electrons. The van der Waals surface area contributed by atoms with E-state index in [0.717, 1.165) is 5.69 Å². The predicted octanol–water partition coefficient (Wildman–Crippen LogP) is 1.22. The fraction of sp³-hybridized carbons (Fsp3) is 0.500. The molecule has 0 aliphatic rings. The predicted molar refractivity (Wildman–Crippen MR) is 80.5 cm³/mol.